The molecule has 0 unspecified atom stereocenters. The number of hydrogen-bond donors (Lipinski definition) is 2. The van der Waals surface area contributed by atoms with E-state index in [4.69, 9.17) is 4.74 Å². The van der Waals surface area contributed by atoms with Crippen molar-refractivity contribution in [1.29, 1.82) is 0 Å². The number of anilines is 1. The molecule has 5 heteroatoms. The van der Waals surface area contributed by atoms with Crippen LogP contribution < -0.4 is 10.6 Å². The SMILES string of the molecule is CC(C)Nc1ccc(C(=O)NCCN2CCOCC2)cc1. The summed E-state index contributed by atoms with van der Waals surface area (Å²) in [6, 6.07) is 7.98. The van der Waals surface area contributed by atoms with Crippen LogP contribution in [0.25, 0.3) is 0 Å². The molecular formula is C16H25N3O2. The highest BCUT2D eigenvalue weighted by Gasteiger charge is 2.10. The van der Waals surface area contributed by atoms with E-state index in [2.05, 4.69) is 29.4 Å². The number of hydrogen-bond acceptors (Lipinski definition) is 4. The number of ether oxygens (including phenoxy) is 1. The fourth-order valence-electron chi connectivity index (χ4n) is 2.31. The molecule has 116 valence electrons. The Kier molecular flexibility index (Phi) is 6.02. The summed E-state index contributed by atoms with van der Waals surface area (Å²) in [6.45, 7) is 9.21. The zero-order valence-corrected chi connectivity index (χ0v) is 12.9. The van der Waals surface area contributed by atoms with Gasteiger partial charge in [0.05, 0.1) is 13.2 Å². The van der Waals surface area contributed by atoms with Crippen LogP contribution in [-0.2, 0) is 4.74 Å². The van der Waals surface area contributed by atoms with E-state index < -0.39 is 0 Å². The van der Waals surface area contributed by atoms with Crippen molar-refractivity contribution in [3.63, 3.8) is 0 Å². The van der Waals surface area contributed by atoms with Crippen LogP contribution in [-0.4, -0.2) is 56.2 Å². The average Bonchev–Trinajstić information content (AvgIpc) is 2.48. The molecule has 0 aromatic heterocycles. The van der Waals surface area contributed by atoms with Crippen molar-refractivity contribution in [2.45, 2.75) is 19.9 Å². The van der Waals surface area contributed by atoms with Gasteiger partial charge in [-0.1, -0.05) is 0 Å². The van der Waals surface area contributed by atoms with Crippen LogP contribution in [0.1, 0.15) is 24.2 Å². The average molecular weight is 291 g/mol. The summed E-state index contributed by atoms with van der Waals surface area (Å²) in [4.78, 5) is 14.4. The van der Waals surface area contributed by atoms with Gasteiger partial charge in [0.2, 0.25) is 0 Å². The summed E-state index contributed by atoms with van der Waals surface area (Å²) >= 11 is 0. The molecule has 21 heavy (non-hydrogen) atoms. The molecule has 1 heterocycles. The maximum absolute atomic E-state index is 12.0. The van der Waals surface area contributed by atoms with Crippen molar-refractivity contribution >= 4 is 11.6 Å². The number of nitrogens with one attached hydrogen (secondary N) is 2. The molecule has 2 N–H and O–H groups in total. The lowest BCUT2D eigenvalue weighted by Gasteiger charge is -2.26. The lowest BCUT2D eigenvalue weighted by atomic mass is 10.2. The van der Waals surface area contributed by atoms with Gasteiger partial charge in [-0.3, -0.25) is 9.69 Å². The monoisotopic (exact) mass is 291 g/mol. The summed E-state index contributed by atoms with van der Waals surface area (Å²) in [5.74, 6) is -0.0145. The second-order valence-electron chi connectivity index (χ2n) is 5.59. The normalized spacial score (nSPS) is 16.0. The minimum absolute atomic E-state index is 0.0145. The number of rotatable bonds is 6. The third kappa shape index (κ3) is 5.36. The zero-order chi connectivity index (χ0) is 15.1. The van der Waals surface area contributed by atoms with E-state index in [9.17, 15) is 4.79 Å². The molecule has 0 radical (unpaired) electrons. The predicted molar refractivity (Wildman–Crippen MR) is 84.8 cm³/mol. The van der Waals surface area contributed by atoms with Gasteiger partial charge in [-0.15, -0.1) is 0 Å². The van der Waals surface area contributed by atoms with Crippen molar-refractivity contribution in [2.75, 3.05) is 44.7 Å². The molecule has 2 rings (SSSR count). The van der Waals surface area contributed by atoms with Crippen LogP contribution >= 0.6 is 0 Å². The summed E-state index contributed by atoms with van der Waals surface area (Å²) in [5, 5.41) is 6.27. The molecule has 5 nitrogen and oxygen atoms in total. The lowest BCUT2D eigenvalue weighted by molar-refractivity contribution is 0.0383. The highest BCUT2D eigenvalue weighted by Crippen LogP contribution is 2.10. The Morgan fingerprint density at radius 2 is 1.90 bits per heavy atom. The zero-order valence-electron chi connectivity index (χ0n) is 12.9. The fourth-order valence-corrected chi connectivity index (χ4v) is 2.31. The van der Waals surface area contributed by atoms with E-state index >= 15 is 0 Å². The third-order valence-corrected chi connectivity index (χ3v) is 3.42. The lowest BCUT2D eigenvalue weighted by Crippen LogP contribution is -2.41. The van der Waals surface area contributed by atoms with Crippen molar-refractivity contribution in [3.8, 4) is 0 Å². The topological polar surface area (TPSA) is 53.6 Å². The molecule has 1 fully saturated rings. The molecule has 0 bridgehead atoms. The first-order valence-electron chi connectivity index (χ1n) is 7.60. The largest absolute Gasteiger partial charge is 0.383 e. The molecule has 0 aliphatic carbocycles. The molecule has 1 aromatic carbocycles. The quantitative estimate of drug-likeness (QED) is 0.835. The maximum atomic E-state index is 12.0. The van der Waals surface area contributed by atoms with Crippen LogP contribution in [0.3, 0.4) is 0 Å². The van der Waals surface area contributed by atoms with Crippen LogP contribution in [0.4, 0.5) is 5.69 Å². The standard InChI is InChI=1S/C16H25N3O2/c1-13(2)18-15-5-3-14(4-6-15)16(20)17-7-8-19-9-11-21-12-10-19/h3-6,13,18H,7-12H2,1-2H3,(H,17,20). The summed E-state index contributed by atoms with van der Waals surface area (Å²) < 4.78 is 5.30. The Labute approximate surface area is 126 Å². The van der Waals surface area contributed by atoms with Crippen molar-refractivity contribution in [1.82, 2.24) is 10.2 Å². The molecule has 0 atom stereocenters. The number of benzene rings is 1. The van der Waals surface area contributed by atoms with E-state index in [0.29, 0.717) is 18.2 Å². The minimum Gasteiger partial charge on any atom is -0.383 e. The van der Waals surface area contributed by atoms with Gasteiger partial charge in [-0.2, -0.15) is 0 Å². The Hall–Kier alpha value is -1.59. The minimum atomic E-state index is -0.0145. The van der Waals surface area contributed by atoms with Crippen molar-refractivity contribution < 1.29 is 9.53 Å². The first-order chi connectivity index (χ1) is 10.1. The van der Waals surface area contributed by atoms with Gasteiger partial charge in [0.1, 0.15) is 0 Å². The second-order valence-corrected chi connectivity index (χ2v) is 5.59. The van der Waals surface area contributed by atoms with Gasteiger partial charge < -0.3 is 15.4 Å². The Bertz CT molecular complexity index is 439. The third-order valence-electron chi connectivity index (χ3n) is 3.42. The highest BCUT2D eigenvalue weighted by atomic mass is 16.5. The maximum Gasteiger partial charge on any atom is 0.251 e. The van der Waals surface area contributed by atoms with Crippen molar-refractivity contribution in [2.24, 2.45) is 0 Å². The Morgan fingerprint density at radius 3 is 2.52 bits per heavy atom. The van der Waals surface area contributed by atoms with Gasteiger partial charge in [0.25, 0.3) is 5.91 Å². The number of carbonyl (C=O) groups excluding carboxylic acids is 1. The van der Waals surface area contributed by atoms with E-state index in [1.807, 2.05) is 24.3 Å². The van der Waals surface area contributed by atoms with Crippen LogP contribution in [0, 0.1) is 0 Å². The summed E-state index contributed by atoms with van der Waals surface area (Å²) in [5.41, 5.74) is 1.74. The number of nitrogens with zero attached hydrogens (tertiary/aromatic N) is 1. The second kappa shape index (κ2) is 8.00. The molecule has 1 aliphatic rings. The first kappa shape index (κ1) is 15.8. The van der Waals surface area contributed by atoms with Crippen LogP contribution in [0.15, 0.2) is 24.3 Å². The number of morpholine rings is 1. The van der Waals surface area contributed by atoms with Gasteiger partial charge in [0, 0.05) is 43.5 Å². The molecule has 1 saturated heterocycles. The van der Waals surface area contributed by atoms with Gasteiger partial charge in [0.15, 0.2) is 0 Å². The Morgan fingerprint density at radius 1 is 1.24 bits per heavy atom. The van der Waals surface area contributed by atoms with E-state index in [1.165, 1.54) is 0 Å². The predicted octanol–water partition coefficient (Wildman–Crippen LogP) is 1.57. The van der Waals surface area contributed by atoms with Gasteiger partial charge in [-0.25, -0.2) is 0 Å². The van der Waals surface area contributed by atoms with E-state index in [-0.39, 0.29) is 5.91 Å². The Balaban J connectivity index is 1.74. The van der Waals surface area contributed by atoms with Crippen molar-refractivity contribution in [3.05, 3.63) is 29.8 Å². The van der Waals surface area contributed by atoms with E-state index in [1.54, 1.807) is 0 Å². The fraction of sp³-hybridized carbons (Fsp3) is 0.562. The molecule has 1 aromatic rings. The molecule has 1 amide bonds. The first-order valence-corrected chi connectivity index (χ1v) is 7.60. The molecule has 1 aliphatic heterocycles. The molecular weight excluding hydrogens is 266 g/mol. The molecule has 0 saturated carbocycles. The van der Waals surface area contributed by atoms with Gasteiger partial charge >= 0.3 is 0 Å². The van der Waals surface area contributed by atoms with E-state index in [0.717, 1.165) is 38.5 Å². The number of amides is 1. The molecule has 0 spiro atoms. The van der Waals surface area contributed by atoms with Gasteiger partial charge in [-0.05, 0) is 38.1 Å². The number of carbonyl (C=O) groups is 1. The summed E-state index contributed by atoms with van der Waals surface area (Å²) in [6.07, 6.45) is 0. The van der Waals surface area contributed by atoms with Crippen LogP contribution in [0.5, 0.6) is 0 Å². The van der Waals surface area contributed by atoms with Crippen LogP contribution in [0.2, 0.25) is 0 Å². The summed E-state index contributed by atoms with van der Waals surface area (Å²) in [7, 11) is 0. The smallest absolute Gasteiger partial charge is 0.251 e. The highest BCUT2D eigenvalue weighted by molar-refractivity contribution is 5.94.